The van der Waals surface area contributed by atoms with Gasteiger partial charge in [-0.25, -0.2) is 9.97 Å². The van der Waals surface area contributed by atoms with Crippen molar-refractivity contribution in [2.24, 2.45) is 0 Å². The van der Waals surface area contributed by atoms with E-state index in [1.807, 2.05) is 12.3 Å². The Morgan fingerprint density at radius 1 is 1.03 bits per heavy atom. The van der Waals surface area contributed by atoms with Crippen LogP contribution in [-0.2, 0) is 6.61 Å². The first-order valence-electron chi connectivity index (χ1n) is 13.2. The van der Waals surface area contributed by atoms with Crippen molar-refractivity contribution in [1.82, 2.24) is 19.9 Å². The SMILES string of the molecule is CC(C)c1cc(-c2cc(N3CCN(c4ncc(CO)cc4Cl)C[C@H]3C)nc(N3CCCC3C)n2)ccn1. The summed E-state index contributed by atoms with van der Waals surface area (Å²) in [7, 11) is 0. The van der Waals surface area contributed by atoms with Crippen LogP contribution in [0.25, 0.3) is 11.3 Å². The quantitative estimate of drug-likeness (QED) is 0.490. The second-order valence-corrected chi connectivity index (χ2v) is 10.9. The van der Waals surface area contributed by atoms with Crippen molar-refractivity contribution < 1.29 is 5.11 Å². The van der Waals surface area contributed by atoms with E-state index < -0.39 is 0 Å². The van der Waals surface area contributed by atoms with E-state index in [-0.39, 0.29) is 12.6 Å². The Labute approximate surface area is 224 Å². The monoisotopic (exact) mass is 521 g/mol. The molecule has 3 aromatic heterocycles. The van der Waals surface area contributed by atoms with E-state index in [1.54, 1.807) is 12.3 Å². The van der Waals surface area contributed by atoms with Gasteiger partial charge in [0, 0.05) is 68.0 Å². The number of anilines is 3. The average molecular weight is 522 g/mol. The average Bonchev–Trinajstić information content (AvgIpc) is 3.34. The van der Waals surface area contributed by atoms with E-state index in [0.717, 1.165) is 73.6 Å². The van der Waals surface area contributed by atoms with E-state index in [1.165, 1.54) is 0 Å². The molecule has 0 aliphatic carbocycles. The summed E-state index contributed by atoms with van der Waals surface area (Å²) in [6.07, 6.45) is 5.89. The number of aliphatic hydroxyl groups excluding tert-OH is 1. The molecule has 3 aromatic rings. The molecule has 2 fully saturated rings. The number of hydrogen-bond acceptors (Lipinski definition) is 8. The van der Waals surface area contributed by atoms with Crippen LogP contribution in [-0.4, -0.2) is 63.3 Å². The Morgan fingerprint density at radius 2 is 1.86 bits per heavy atom. The maximum Gasteiger partial charge on any atom is 0.228 e. The van der Waals surface area contributed by atoms with Crippen LogP contribution in [0.4, 0.5) is 17.6 Å². The van der Waals surface area contributed by atoms with Crippen LogP contribution in [0.5, 0.6) is 0 Å². The first-order valence-corrected chi connectivity index (χ1v) is 13.6. The topological polar surface area (TPSA) is 81.5 Å². The van der Waals surface area contributed by atoms with E-state index in [0.29, 0.717) is 22.5 Å². The van der Waals surface area contributed by atoms with Crippen LogP contribution in [0.3, 0.4) is 0 Å². The zero-order chi connectivity index (χ0) is 26.1. The second-order valence-electron chi connectivity index (χ2n) is 10.5. The lowest BCUT2D eigenvalue weighted by Gasteiger charge is -2.41. The fourth-order valence-electron chi connectivity index (χ4n) is 5.28. The minimum atomic E-state index is -0.0681. The lowest BCUT2D eigenvalue weighted by molar-refractivity contribution is 0.281. The molecule has 0 spiro atoms. The van der Waals surface area contributed by atoms with Crippen LogP contribution in [0, 0.1) is 0 Å². The first kappa shape index (κ1) is 25.7. The van der Waals surface area contributed by atoms with Gasteiger partial charge in [-0.15, -0.1) is 0 Å². The summed E-state index contributed by atoms with van der Waals surface area (Å²) in [5.41, 5.74) is 3.78. The lowest BCUT2D eigenvalue weighted by atomic mass is 10.1. The van der Waals surface area contributed by atoms with Crippen LogP contribution < -0.4 is 14.7 Å². The number of halogens is 1. The largest absolute Gasteiger partial charge is 0.392 e. The van der Waals surface area contributed by atoms with Gasteiger partial charge in [0.05, 0.1) is 17.3 Å². The van der Waals surface area contributed by atoms with Crippen LogP contribution in [0.2, 0.25) is 5.02 Å². The molecule has 1 N–H and O–H groups in total. The third kappa shape index (κ3) is 5.36. The van der Waals surface area contributed by atoms with Gasteiger partial charge in [0.1, 0.15) is 11.6 Å². The smallest absolute Gasteiger partial charge is 0.228 e. The number of nitrogens with zero attached hydrogens (tertiary/aromatic N) is 7. The highest BCUT2D eigenvalue weighted by molar-refractivity contribution is 6.33. The Morgan fingerprint density at radius 3 is 2.54 bits per heavy atom. The van der Waals surface area contributed by atoms with Crippen molar-refractivity contribution in [1.29, 1.82) is 0 Å². The molecule has 5 rings (SSSR count). The standard InChI is InChI=1S/C28H36ClN7O/c1-18(2)24-13-22(7-8-30-24)25-14-26(33-28(32-25)36-9-5-6-19(36)3)35-11-10-34(16-20(35)4)27-23(29)12-21(17-37)15-31-27/h7-8,12-15,18-20,37H,5-6,9-11,16-17H2,1-4H3/t19?,20-/m1/s1. The molecule has 0 bridgehead atoms. The summed E-state index contributed by atoms with van der Waals surface area (Å²) in [6, 6.07) is 8.73. The zero-order valence-corrected chi connectivity index (χ0v) is 22.9. The van der Waals surface area contributed by atoms with Crippen molar-refractivity contribution >= 4 is 29.2 Å². The van der Waals surface area contributed by atoms with E-state index in [9.17, 15) is 5.11 Å². The maximum absolute atomic E-state index is 9.39. The third-order valence-corrected chi connectivity index (χ3v) is 7.74. The van der Waals surface area contributed by atoms with E-state index in [4.69, 9.17) is 21.6 Å². The predicted octanol–water partition coefficient (Wildman–Crippen LogP) is 4.91. The summed E-state index contributed by atoms with van der Waals surface area (Å²) in [4.78, 5) is 26.2. The van der Waals surface area contributed by atoms with Gasteiger partial charge in [-0.1, -0.05) is 25.4 Å². The van der Waals surface area contributed by atoms with Gasteiger partial charge in [-0.2, -0.15) is 4.98 Å². The molecular formula is C28H36ClN7O. The normalized spacial score (nSPS) is 20.2. The molecule has 2 atom stereocenters. The molecule has 8 nitrogen and oxygen atoms in total. The van der Waals surface area contributed by atoms with Crippen molar-refractivity contribution in [3.63, 3.8) is 0 Å². The fourth-order valence-corrected chi connectivity index (χ4v) is 5.59. The summed E-state index contributed by atoms with van der Waals surface area (Å²) in [5.74, 6) is 2.86. The van der Waals surface area contributed by atoms with Gasteiger partial charge in [-0.05, 0) is 56.4 Å². The Balaban J connectivity index is 1.46. The molecule has 2 aliphatic rings. The Hall–Kier alpha value is -2.97. The van der Waals surface area contributed by atoms with Gasteiger partial charge in [0.25, 0.3) is 0 Å². The third-order valence-electron chi connectivity index (χ3n) is 7.46. The Kier molecular flexibility index (Phi) is 7.49. The minimum Gasteiger partial charge on any atom is -0.392 e. The molecule has 5 heterocycles. The second kappa shape index (κ2) is 10.8. The molecule has 2 aliphatic heterocycles. The highest BCUT2D eigenvalue weighted by Gasteiger charge is 2.29. The number of rotatable bonds is 6. The molecule has 0 radical (unpaired) electrons. The molecule has 196 valence electrons. The van der Waals surface area contributed by atoms with Crippen LogP contribution in [0.1, 0.15) is 57.7 Å². The summed E-state index contributed by atoms with van der Waals surface area (Å²) in [6.45, 7) is 12.0. The van der Waals surface area contributed by atoms with E-state index >= 15 is 0 Å². The molecule has 0 amide bonds. The summed E-state index contributed by atoms with van der Waals surface area (Å²) >= 11 is 6.51. The number of hydrogen-bond donors (Lipinski definition) is 1. The molecule has 0 saturated carbocycles. The predicted molar refractivity (Wildman–Crippen MR) is 150 cm³/mol. The molecule has 0 aromatic carbocycles. The van der Waals surface area contributed by atoms with Gasteiger partial charge in [0.2, 0.25) is 5.95 Å². The molecule has 9 heteroatoms. The van der Waals surface area contributed by atoms with Crippen molar-refractivity contribution in [3.05, 3.63) is 52.9 Å². The number of aliphatic hydroxyl groups is 1. The van der Waals surface area contributed by atoms with Crippen molar-refractivity contribution in [3.8, 4) is 11.3 Å². The van der Waals surface area contributed by atoms with Crippen molar-refractivity contribution in [2.75, 3.05) is 40.9 Å². The van der Waals surface area contributed by atoms with Gasteiger partial charge in [0.15, 0.2) is 0 Å². The number of aromatic nitrogens is 4. The summed E-state index contributed by atoms with van der Waals surface area (Å²) in [5, 5.41) is 9.96. The highest BCUT2D eigenvalue weighted by Crippen LogP contribution is 2.32. The number of pyridine rings is 2. The van der Waals surface area contributed by atoms with E-state index in [2.05, 4.69) is 64.5 Å². The zero-order valence-electron chi connectivity index (χ0n) is 22.1. The molecule has 1 unspecified atom stereocenters. The highest BCUT2D eigenvalue weighted by atomic mass is 35.5. The van der Waals surface area contributed by atoms with Crippen molar-refractivity contribution in [2.45, 2.75) is 65.1 Å². The maximum atomic E-state index is 9.39. The lowest BCUT2D eigenvalue weighted by Crippen LogP contribution is -2.52. The Bertz CT molecular complexity index is 1250. The number of piperazine rings is 1. The minimum absolute atomic E-state index is 0.0681. The van der Waals surface area contributed by atoms with Gasteiger partial charge >= 0.3 is 0 Å². The first-order chi connectivity index (χ1) is 17.8. The van der Waals surface area contributed by atoms with Gasteiger partial charge in [-0.3, -0.25) is 4.98 Å². The van der Waals surface area contributed by atoms with Crippen LogP contribution >= 0.6 is 11.6 Å². The van der Waals surface area contributed by atoms with Crippen LogP contribution in [0.15, 0.2) is 36.7 Å². The molecule has 37 heavy (non-hydrogen) atoms. The summed E-state index contributed by atoms with van der Waals surface area (Å²) < 4.78 is 0. The molecular weight excluding hydrogens is 486 g/mol. The fraction of sp³-hybridized carbons (Fsp3) is 0.500. The van der Waals surface area contributed by atoms with Gasteiger partial charge < -0.3 is 19.8 Å². The molecule has 2 saturated heterocycles.